The van der Waals surface area contributed by atoms with E-state index in [1.54, 1.807) is 11.0 Å². The number of halogens is 5. The standard InChI is InChI=1S/C19H21ClF4N4O/c1-13-17(20)18(19(22,23)24)25-28(13)6-5-16(29)27-9-7-26(8-10-27)12-14-3-2-4-15(21)11-14/h2-4,11H,5-10,12H2,1H3. The molecule has 1 fully saturated rings. The summed E-state index contributed by atoms with van der Waals surface area (Å²) in [7, 11) is 0. The molecule has 158 valence electrons. The fourth-order valence-corrected chi connectivity index (χ4v) is 3.57. The lowest BCUT2D eigenvalue weighted by atomic mass is 10.2. The Bertz CT molecular complexity index is 876. The number of rotatable bonds is 5. The third-order valence-corrected chi connectivity index (χ3v) is 5.41. The first kappa shape index (κ1) is 21.6. The van der Waals surface area contributed by atoms with Crippen LogP contribution in [0.2, 0.25) is 5.02 Å². The number of amides is 1. The van der Waals surface area contributed by atoms with Gasteiger partial charge in [-0.15, -0.1) is 0 Å². The molecule has 3 rings (SSSR count). The van der Waals surface area contributed by atoms with Crippen molar-refractivity contribution >= 4 is 17.5 Å². The van der Waals surface area contributed by atoms with Gasteiger partial charge in [0.25, 0.3) is 0 Å². The van der Waals surface area contributed by atoms with Gasteiger partial charge in [0.1, 0.15) is 5.82 Å². The molecule has 29 heavy (non-hydrogen) atoms. The molecule has 0 aliphatic carbocycles. The fourth-order valence-electron chi connectivity index (χ4n) is 3.33. The maximum atomic E-state index is 13.3. The molecule has 10 heteroatoms. The van der Waals surface area contributed by atoms with Crippen molar-refractivity contribution in [2.24, 2.45) is 0 Å². The average molecular weight is 433 g/mol. The summed E-state index contributed by atoms with van der Waals surface area (Å²) in [6, 6.07) is 6.40. The number of benzene rings is 1. The Morgan fingerprint density at radius 1 is 1.21 bits per heavy atom. The van der Waals surface area contributed by atoms with Gasteiger partial charge in [-0.05, 0) is 24.6 Å². The summed E-state index contributed by atoms with van der Waals surface area (Å²) in [6.07, 6.45) is -4.59. The second-order valence-electron chi connectivity index (χ2n) is 7.01. The molecule has 5 nitrogen and oxygen atoms in total. The van der Waals surface area contributed by atoms with Crippen LogP contribution in [0.1, 0.15) is 23.4 Å². The number of carbonyl (C=O) groups excluding carboxylic acids is 1. The molecule has 1 saturated heterocycles. The Morgan fingerprint density at radius 3 is 2.48 bits per heavy atom. The van der Waals surface area contributed by atoms with E-state index >= 15 is 0 Å². The monoisotopic (exact) mass is 432 g/mol. The highest BCUT2D eigenvalue weighted by Gasteiger charge is 2.38. The third kappa shape index (κ3) is 5.27. The summed E-state index contributed by atoms with van der Waals surface area (Å²) < 4.78 is 53.1. The quantitative estimate of drug-likeness (QED) is 0.676. The maximum Gasteiger partial charge on any atom is 0.436 e. The van der Waals surface area contributed by atoms with Crippen LogP contribution in [-0.2, 0) is 24.1 Å². The molecule has 0 spiro atoms. The number of carbonyl (C=O) groups is 1. The van der Waals surface area contributed by atoms with Gasteiger partial charge in [0.2, 0.25) is 5.91 Å². The Kier molecular flexibility index (Phi) is 6.48. The second kappa shape index (κ2) is 8.71. The SMILES string of the molecule is Cc1c(Cl)c(C(F)(F)F)nn1CCC(=O)N1CCN(Cc2cccc(F)c2)CC1. The van der Waals surface area contributed by atoms with E-state index in [4.69, 9.17) is 11.6 Å². The van der Waals surface area contributed by atoms with E-state index < -0.39 is 16.9 Å². The molecule has 1 aliphatic heterocycles. The predicted octanol–water partition coefficient (Wildman–Crippen LogP) is 3.74. The van der Waals surface area contributed by atoms with Crippen molar-refractivity contribution in [1.82, 2.24) is 19.6 Å². The largest absolute Gasteiger partial charge is 0.436 e. The van der Waals surface area contributed by atoms with Crippen LogP contribution in [0.4, 0.5) is 17.6 Å². The van der Waals surface area contributed by atoms with Crippen LogP contribution in [-0.4, -0.2) is 51.7 Å². The molecule has 1 aromatic heterocycles. The molecule has 1 amide bonds. The molecule has 0 atom stereocenters. The van der Waals surface area contributed by atoms with Crippen molar-refractivity contribution < 1.29 is 22.4 Å². The first-order valence-electron chi connectivity index (χ1n) is 9.20. The summed E-state index contributed by atoms with van der Waals surface area (Å²) in [6.45, 7) is 4.40. The zero-order chi connectivity index (χ0) is 21.2. The smallest absolute Gasteiger partial charge is 0.340 e. The lowest BCUT2D eigenvalue weighted by Crippen LogP contribution is -2.48. The molecule has 1 aliphatic rings. The minimum atomic E-state index is -4.63. The number of aromatic nitrogens is 2. The van der Waals surface area contributed by atoms with Crippen molar-refractivity contribution in [2.75, 3.05) is 26.2 Å². The Hall–Kier alpha value is -2.13. The molecule has 0 bridgehead atoms. The number of aryl methyl sites for hydroxylation is 1. The van der Waals surface area contributed by atoms with E-state index in [2.05, 4.69) is 10.00 Å². The lowest BCUT2D eigenvalue weighted by molar-refractivity contribution is -0.141. The van der Waals surface area contributed by atoms with Crippen molar-refractivity contribution in [3.8, 4) is 0 Å². The van der Waals surface area contributed by atoms with Gasteiger partial charge in [0.05, 0.1) is 17.3 Å². The number of nitrogens with zero attached hydrogens (tertiary/aromatic N) is 4. The highest BCUT2D eigenvalue weighted by Crippen LogP contribution is 2.35. The van der Waals surface area contributed by atoms with Gasteiger partial charge in [-0.3, -0.25) is 14.4 Å². The van der Waals surface area contributed by atoms with Gasteiger partial charge >= 0.3 is 6.18 Å². The lowest BCUT2D eigenvalue weighted by Gasteiger charge is -2.34. The first-order chi connectivity index (χ1) is 13.6. The van der Waals surface area contributed by atoms with Gasteiger partial charge in [-0.25, -0.2) is 4.39 Å². The third-order valence-electron chi connectivity index (χ3n) is 4.96. The van der Waals surface area contributed by atoms with E-state index in [1.165, 1.54) is 19.1 Å². The minimum absolute atomic E-state index is 0.0317. The van der Waals surface area contributed by atoms with E-state index in [0.717, 1.165) is 10.2 Å². The van der Waals surface area contributed by atoms with E-state index in [-0.39, 0.29) is 30.4 Å². The molecule has 0 saturated carbocycles. The molecular formula is C19H21ClF4N4O. The van der Waals surface area contributed by atoms with Crippen molar-refractivity contribution in [1.29, 1.82) is 0 Å². The van der Waals surface area contributed by atoms with E-state index in [1.807, 2.05) is 6.07 Å². The fraction of sp³-hybridized carbons (Fsp3) is 0.474. The molecule has 0 N–H and O–H groups in total. The normalized spacial score (nSPS) is 15.7. The van der Waals surface area contributed by atoms with Crippen LogP contribution in [0.25, 0.3) is 0 Å². The van der Waals surface area contributed by atoms with Crippen molar-refractivity contribution in [2.45, 2.75) is 32.6 Å². The van der Waals surface area contributed by atoms with Gasteiger partial charge < -0.3 is 4.90 Å². The number of hydrogen-bond acceptors (Lipinski definition) is 3. The van der Waals surface area contributed by atoms with E-state index in [9.17, 15) is 22.4 Å². The maximum absolute atomic E-state index is 13.3. The van der Waals surface area contributed by atoms with Crippen molar-refractivity contribution in [3.63, 3.8) is 0 Å². The number of alkyl halides is 3. The van der Waals surface area contributed by atoms with Crippen LogP contribution in [0, 0.1) is 12.7 Å². The predicted molar refractivity (Wildman–Crippen MR) is 99.9 cm³/mol. The molecule has 0 radical (unpaired) electrons. The highest BCUT2D eigenvalue weighted by molar-refractivity contribution is 6.31. The van der Waals surface area contributed by atoms with Crippen LogP contribution < -0.4 is 0 Å². The highest BCUT2D eigenvalue weighted by atomic mass is 35.5. The molecule has 1 aromatic carbocycles. The van der Waals surface area contributed by atoms with Gasteiger partial charge in [-0.2, -0.15) is 18.3 Å². The average Bonchev–Trinajstić information content (AvgIpc) is 2.95. The molecule has 2 aromatic rings. The molecule has 2 heterocycles. The van der Waals surface area contributed by atoms with Gasteiger partial charge in [0.15, 0.2) is 5.69 Å². The van der Waals surface area contributed by atoms with Gasteiger partial charge in [0, 0.05) is 39.1 Å². The van der Waals surface area contributed by atoms with Gasteiger partial charge in [-0.1, -0.05) is 23.7 Å². The second-order valence-corrected chi connectivity index (χ2v) is 7.38. The number of piperazine rings is 1. The zero-order valence-electron chi connectivity index (χ0n) is 15.8. The summed E-state index contributed by atoms with van der Waals surface area (Å²) in [5.74, 6) is -0.422. The van der Waals surface area contributed by atoms with Crippen LogP contribution >= 0.6 is 11.6 Å². The number of hydrogen-bond donors (Lipinski definition) is 0. The van der Waals surface area contributed by atoms with Crippen LogP contribution in [0.3, 0.4) is 0 Å². The summed E-state index contributed by atoms with van der Waals surface area (Å²) in [5.41, 5.74) is -0.0712. The zero-order valence-corrected chi connectivity index (χ0v) is 16.6. The Balaban J connectivity index is 1.50. The van der Waals surface area contributed by atoms with Crippen LogP contribution in [0.15, 0.2) is 24.3 Å². The Morgan fingerprint density at radius 2 is 1.90 bits per heavy atom. The van der Waals surface area contributed by atoms with Crippen molar-refractivity contribution in [3.05, 3.63) is 52.1 Å². The molecular weight excluding hydrogens is 412 g/mol. The van der Waals surface area contributed by atoms with E-state index in [0.29, 0.717) is 32.7 Å². The summed E-state index contributed by atoms with van der Waals surface area (Å²) in [5, 5.41) is 3.08. The summed E-state index contributed by atoms with van der Waals surface area (Å²) in [4.78, 5) is 16.3. The summed E-state index contributed by atoms with van der Waals surface area (Å²) >= 11 is 5.73. The minimum Gasteiger partial charge on any atom is -0.340 e. The molecule has 0 unspecified atom stereocenters. The first-order valence-corrected chi connectivity index (χ1v) is 9.57. The topological polar surface area (TPSA) is 41.4 Å². The Labute approximate surface area is 170 Å². The van der Waals surface area contributed by atoms with Crippen LogP contribution in [0.5, 0.6) is 0 Å².